The molecule has 3 rings (SSSR count). The third kappa shape index (κ3) is 6.91. The minimum Gasteiger partial charge on any atom is -0.381 e. The van der Waals surface area contributed by atoms with E-state index >= 15 is 0 Å². The maximum Gasteiger partial charge on any atom is 0.251 e. The highest BCUT2D eigenvalue weighted by Crippen LogP contribution is 2.22. The predicted octanol–water partition coefficient (Wildman–Crippen LogP) is 4.78. The molecule has 6 nitrogen and oxygen atoms in total. The molecule has 1 amide bonds. The van der Waals surface area contributed by atoms with Gasteiger partial charge in [0.25, 0.3) is 5.91 Å². The zero-order valence-electron chi connectivity index (χ0n) is 19.4. The number of rotatable bonds is 9. The summed E-state index contributed by atoms with van der Waals surface area (Å²) in [5.41, 5.74) is 4.00. The zero-order valence-corrected chi connectivity index (χ0v) is 20.2. The predicted molar refractivity (Wildman–Crippen MR) is 133 cm³/mol. The Morgan fingerprint density at radius 2 is 1.64 bits per heavy atom. The summed E-state index contributed by atoms with van der Waals surface area (Å²) in [5.74, 6) is -0.341. The van der Waals surface area contributed by atoms with Gasteiger partial charge >= 0.3 is 0 Å². The molecule has 0 aliphatic rings. The number of sulfonamides is 1. The second kappa shape index (κ2) is 10.6. The van der Waals surface area contributed by atoms with Gasteiger partial charge in [0.05, 0.1) is 10.9 Å². The SMILES string of the molecule is Cc1cccc(CNc2cc(C(=O)N[C@@H](C)c3ccccc3)cc(S(=O)(=O)NC(C)C)c2)c1. The van der Waals surface area contributed by atoms with Crippen LogP contribution in [0.3, 0.4) is 0 Å². The molecule has 1 atom stereocenters. The summed E-state index contributed by atoms with van der Waals surface area (Å²) < 4.78 is 28.3. The molecule has 0 saturated carbocycles. The number of carbonyl (C=O) groups excluding carboxylic acids is 1. The van der Waals surface area contributed by atoms with E-state index in [0.29, 0.717) is 12.2 Å². The van der Waals surface area contributed by atoms with Crippen molar-refractivity contribution in [3.05, 3.63) is 95.1 Å². The van der Waals surface area contributed by atoms with Crippen LogP contribution >= 0.6 is 0 Å². The molecular weight excluding hydrogens is 434 g/mol. The fraction of sp³-hybridized carbons (Fsp3) is 0.269. The first-order chi connectivity index (χ1) is 15.6. The first-order valence-corrected chi connectivity index (χ1v) is 12.4. The number of carbonyl (C=O) groups is 1. The Bertz CT molecular complexity index is 1210. The molecular formula is C26H31N3O3S. The Morgan fingerprint density at radius 3 is 2.30 bits per heavy atom. The summed E-state index contributed by atoms with van der Waals surface area (Å²) in [6, 6.07) is 21.8. The molecule has 7 heteroatoms. The average Bonchev–Trinajstić information content (AvgIpc) is 2.77. The summed E-state index contributed by atoms with van der Waals surface area (Å²) in [6.07, 6.45) is 0. The van der Waals surface area contributed by atoms with Crippen LogP contribution in [0.25, 0.3) is 0 Å². The van der Waals surface area contributed by atoms with Gasteiger partial charge in [-0.3, -0.25) is 4.79 Å². The van der Waals surface area contributed by atoms with Crippen molar-refractivity contribution >= 4 is 21.6 Å². The van der Waals surface area contributed by atoms with Crippen molar-refractivity contribution in [2.24, 2.45) is 0 Å². The second-order valence-corrected chi connectivity index (χ2v) is 10.2. The number of aryl methyl sites for hydroxylation is 1. The van der Waals surface area contributed by atoms with Crippen molar-refractivity contribution in [3.63, 3.8) is 0 Å². The number of anilines is 1. The minimum absolute atomic E-state index is 0.0444. The number of benzene rings is 3. The topological polar surface area (TPSA) is 87.3 Å². The van der Waals surface area contributed by atoms with E-state index in [9.17, 15) is 13.2 Å². The smallest absolute Gasteiger partial charge is 0.251 e. The van der Waals surface area contributed by atoms with Crippen molar-refractivity contribution in [2.45, 2.75) is 51.2 Å². The number of hydrogen-bond donors (Lipinski definition) is 3. The van der Waals surface area contributed by atoms with Crippen molar-refractivity contribution in [1.82, 2.24) is 10.0 Å². The van der Waals surface area contributed by atoms with Gasteiger partial charge < -0.3 is 10.6 Å². The Kier molecular flexibility index (Phi) is 7.89. The van der Waals surface area contributed by atoms with E-state index in [1.165, 1.54) is 6.07 Å². The highest BCUT2D eigenvalue weighted by molar-refractivity contribution is 7.89. The van der Waals surface area contributed by atoms with Crippen LogP contribution in [0.2, 0.25) is 0 Å². The third-order valence-corrected chi connectivity index (χ3v) is 6.73. The highest BCUT2D eigenvalue weighted by Gasteiger charge is 2.20. The zero-order chi connectivity index (χ0) is 24.0. The van der Waals surface area contributed by atoms with Gasteiger partial charge in [0, 0.05) is 23.8 Å². The molecule has 0 aliphatic heterocycles. The Hall–Kier alpha value is -3.16. The lowest BCUT2D eigenvalue weighted by Crippen LogP contribution is -2.31. The van der Waals surface area contributed by atoms with Crippen molar-refractivity contribution in [1.29, 1.82) is 0 Å². The molecule has 0 aliphatic carbocycles. The van der Waals surface area contributed by atoms with Crippen LogP contribution in [0, 0.1) is 6.92 Å². The van der Waals surface area contributed by atoms with E-state index < -0.39 is 10.0 Å². The Morgan fingerprint density at radius 1 is 0.909 bits per heavy atom. The van der Waals surface area contributed by atoms with Gasteiger partial charge in [0.15, 0.2) is 0 Å². The quantitative estimate of drug-likeness (QED) is 0.424. The Balaban J connectivity index is 1.90. The maximum absolute atomic E-state index is 13.0. The third-order valence-electron chi connectivity index (χ3n) is 5.10. The lowest BCUT2D eigenvalue weighted by molar-refractivity contribution is 0.0939. The monoisotopic (exact) mass is 465 g/mol. The molecule has 33 heavy (non-hydrogen) atoms. The van der Waals surface area contributed by atoms with Crippen LogP contribution in [0.4, 0.5) is 5.69 Å². The van der Waals surface area contributed by atoms with Gasteiger partial charge in [0.2, 0.25) is 10.0 Å². The lowest BCUT2D eigenvalue weighted by atomic mass is 10.1. The van der Waals surface area contributed by atoms with Gasteiger partial charge in [-0.05, 0) is 57.0 Å². The molecule has 3 aromatic carbocycles. The van der Waals surface area contributed by atoms with Crippen LogP contribution in [0.5, 0.6) is 0 Å². The number of nitrogens with one attached hydrogen (secondary N) is 3. The molecule has 3 N–H and O–H groups in total. The molecule has 0 unspecified atom stereocenters. The van der Waals surface area contributed by atoms with Gasteiger partial charge in [-0.15, -0.1) is 0 Å². The molecule has 0 aromatic heterocycles. The van der Waals surface area contributed by atoms with Crippen LogP contribution < -0.4 is 15.4 Å². The van der Waals surface area contributed by atoms with E-state index in [0.717, 1.165) is 16.7 Å². The molecule has 0 saturated heterocycles. The van der Waals surface area contributed by atoms with Crippen LogP contribution in [0.15, 0.2) is 77.7 Å². The highest BCUT2D eigenvalue weighted by atomic mass is 32.2. The molecule has 3 aromatic rings. The minimum atomic E-state index is -3.78. The average molecular weight is 466 g/mol. The summed E-state index contributed by atoms with van der Waals surface area (Å²) in [4.78, 5) is 13.1. The summed E-state index contributed by atoms with van der Waals surface area (Å²) in [5, 5.41) is 6.22. The van der Waals surface area contributed by atoms with Crippen LogP contribution in [-0.2, 0) is 16.6 Å². The fourth-order valence-electron chi connectivity index (χ4n) is 3.50. The van der Waals surface area contributed by atoms with E-state index in [2.05, 4.69) is 21.4 Å². The first-order valence-electron chi connectivity index (χ1n) is 11.0. The first kappa shape index (κ1) is 24.5. The van der Waals surface area contributed by atoms with E-state index in [1.54, 1.807) is 26.0 Å². The molecule has 0 fully saturated rings. The van der Waals surface area contributed by atoms with Gasteiger partial charge in [-0.25, -0.2) is 13.1 Å². The molecule has 174 valence electrons. The maximum atomic E-state index is 13.0. The summed E-state index contributed by atoms with van der Waals surface area (Å²) >= 11 is 0. The van der Waals surface area contributed by atoms with E-state index in [1.807, 2.05) is 62.4 Å². The molecule has 0 spiro atoms. The van der Waals surface area contributed by atoms with Crippen molar-refractivity contribution < 1.29 is 13.2 Å². The number of hydrogen-bond acceptors (Lipinski definition) is 4. The number of amides is 1. The van der Waals surface area contributed by atoms with Gasteiger partial charge in [-0.2, -0.15) is 0 Å². The van der Waals surface area contributed by atoms with Crippen molar-refractivity contribution in [2.75, 3.05) is 5.32 Å². The summed E-state index contributed by atoms with van der Waals surface area (Å²) in [6.45, 7) is 7.93. The van der Waals surface area contributed by atoms with Gasteiger partial charge in [0.1, 0.15) is 0 Å². The van der Waals surface area contributed by atoms with Crippen LogP contribution in [-0.4, -0.2) is 20.4 Å². The second-order valence-electron chi connectivity index (χ2n) is 8.47. The molecule has 0 heterocycles. The normalized spacial score (nSPS) is 12.4. The standard InChI is InChI=1S/C26H31N3O3S/c1-18(2)29-33(31,32)25-15-23(26(30)28-20(4)22-11-6-5-7-12-22)14-24(16-25)27-17-21-10-8-9-19(3)13-21/h5-16,18,20,27,29H,17H2,1-4H3,(H,28,30)/t20-/m0/s1. The lowest BCUT2D eigenvalue weighted by Gasteiger charge is -2.17. The van der Waals surface area contributed by atoms with Crippen molar-refractivity contribution in [3.8, 4) is 0 Å². The molecule has 0 radical (unpaired) electrons. The van der Waals surface area contributed by atoms with E-state index in [4.69, 9.17) is 0 Å². The summed E-state index contributed by atoms with van der Waals surface area (Å²) in [7, 11) is -3.78. The van der Waals surface area contributed by atoms with E-state index in [-0.39, 0.29) is 28.4 Å². The fourth-order valence-corrected chi connectivity index (χ4v) is 4.82. The molecule has 0 bridgehead atoms. The Labute approximate surface area is 196 Å². The van der Waals surface area contributed by atoms with Gasteiger partial charge in [-0.1, -0.05) is 60.2 Å². The van der Waals surface area contributed by atoms with Crippen LogP contribution in [0.1, 0.15) is 53.9 Å². The largest absolute Gasteiger partial charge is 0.381 e.